The average molecular weight is 398 g/mol. The van der Waals surface area contributed by atoms with Gasteiger partial charge in [0.25, 0.3) is 5.91 Å². The van der Waals surface area contributed by atoms with E-state index in [1.54, 1.807) is 24.3 Å². The number of carbonyl (C=O) groups is 1. The van der Waals surface area contributed by atoms with E-state index >= 15 is 0 Å². The van der Waals surface area contributed by atoms with Gasteiger partial charge in [-0.2, -0.15) is 0 Å². The molecule has 1 amide bonds. The lowest BCUT2D eigenvalue weighted by Crippen LogP contribution is -2.61. The van der Waals surface area contributed by atoms with Gasteiger partial charge in [0.2, 0.25) is 0 Å². The van der Waals surface area contributed by atoms with Crippen LogP contribution in [0.1, 0.15) is 32.3 Å². The Morgan fingerprint density at radius 3 is 2.81 bits per heavy atom. The van der Waals surface area contributed by atoms with Gasteiger partial charge in [0.1, 0.15) is 6.10 Å². The number of rotatable bonds is 8. The Morgan fingerprint density at radius 2 is 2.19 bits per heavy atom. The number of carbonyl (C=O) groups excluding carboxylic acids is 1. The Hall–Kier alpha value is -1.44. The third kappa shape index (κ3) is 5.77. The summed E-state index contributed by atoms with van der Waals surface area (Å²) in [5.41, 5.74) is -0.514. The smallest absolute Gasteiger partial charge is 0.252 e. The zero-order chi connectivity index (χ0) is 20.0. The number of ether oxygens (including phenoxy) is 2. The van der Waals surface area contributed by atoms with Crippen molar-refractivity contribution < 1.29 is 24.5 Å². The minimum Gasteiger partial charge on any atom is -0.390 e. The van der Waals surface area contributed by atoms with E-state index in [0.717, 1.165) is 5.56 Å². The molecule has 0 aromatic heterocycles. The lowest BCUT2D eigenvalue weighted by Gasteiger charge is -2.44. The second-order valence-electron chi connectivity index (χ2n) is 7.17. The molecule has 0 bridgehead atoms. The Morgan fingerprint density at radius 1 is 1.44 bits per heavy atom. The first-order valence-corrected chi connectivity index (χ1v) is 9.43. The number of aliphatic hydroxyl groups excluding tert-OH is 2. The molecule has 0 spiro atoms. The summed E-state index contributed by atoms with van der Waals surface area (Å²) in [5, 5.41) is 24.1. The van der Waals surface area contributed by atoms with E-state index in [0.29, 0.717) is 5.02 Å². The lowest BCUT2D eigenvalue weighted by molar-refractivity contribution is -0.196. The summed E-state index contributed by atoms with van der Waals surface area (Å²) in [7, 11) is 0. The molecule has 1 fully saturated rings. The van der Waals surface area contributed by atoms with Crippen molar-refractivity contribution >= 4 is 17.5 Å². The Balaban J connectivity index is 2.25. The molecule has 1 saturated carbocycles. The number of benzene rings is 1. The first-order valence-electron chi connectivity index (χ1n) is 9.05. The van der Waals surface area contributed by atoms with Gasteiger partial charge in [-0.05, 0) is 31.5 Å². The molecule has 7 heteroatoms. The largest absolute Gasteiger partial charge is 0.390 e. The van der Waals surface area contributed by atoms with E-state index in [9.17, 15) is 15.0 Å². The van der Waals surface area contributed by atoms with Crippen molar-refractivity contribution in [1.29, 1.82) is 0 Å². The average Bonchev–Trinajstić information content (AvgIpc) is 2.61. The van der Waals surface area contributed by atoms with E-state index in [1.165, 1.54) is 0 Å². The Kier molecular flexibility index (Phi) is 7.82. The summed E-state index contributed by atoms with van der Waals surface area (Å²) in [6, 6.07) is 7.07. The number of halogens is 1. The van der Waals surface area contributed by atoms with Crippen LogP contribution in [0, 0.1) is 0 Å². The van der Waals surface area contributed by atoms with Gasteiger partial charge >= 0.3 is 0 Å². The molecule has 27 heavy (non-hydrogen) atoms. The van der Waals surface area contributed by atoms with E-state index in [4.69, 9.17) is 21.1 Å². The fraction of sp³-hybridized carbons (Fsp3) is 0.550. The molecule has 0 radical (unpaired) electrons. The molecule has 1 aromatic carbocycles. The molecule has 6 nitrogen and oxygen atoms in total. The van der Waals surface area contributed by atoms with Gasteiger partial charge in [-0.3, -0.25) is 4.79 Å². The third-order valence-electron chi connectivity index (χ3n) is 4.51. The first kappa shape index (κ1) is 21.9. The van der Waals surface area contributed by atoms with Crippen LogP contribution in [0.25, 0.3) is 0 Å². The van der Waals surface area contributed by atoms with E-state index < -0.39 is 23.9 Å². The predicted molar refractivity (Wildman–Crippen MR) is 103 cm³/mol. The van der Waals surface area contributed by atoms with Crippen LogP contribution >= 0.6 is 11.6 Å². The Bertz CT molecular complexity index is 653. The van der Waals surface area contributed by atoms with Gasteiger partial charge in [-0.1, -0.05) is 29.8 Å². The summed E-state index contributed by atoms with van der Waals surface area (Å²) >= 11 is 6.02. The van der Waals surface area contributed by atoms with Crippen LogP contribution in [0.5, 0.6) is 0 Å². The number of aliphatic hydroxyl groups is 2. The molecule has 0 heterocycles. The van der Waals surface area contributed by atoms with Crippen molar-refractivity contribution in [3.05, 3.63) is 47.5 Å². The van der Waals surface area contributed by atoms with Crippen molar-refractivity contribution in [2.24, 2.45) is 0 Å². The predicted octanol–water partition coefficient (Wildman–Crippen LogP) is 2.21. The van der Waals surface area contributed by atoms with Crippen LogP contribution in [0.15, 0.2) is 36.9 Å². The van der Waals surface area contributed by atoms with E-state index in [2.05, 4.69) is 11.9 Å². The zero-order valence-electron chi connectivity index (χ0n) is 15.7. The lowest BCUT2D eigenvalue weighted by atomic mass is 9.78. The normalized spacial score (nSPS) is 28.1. The van der Waals surface area contributed by atoms with Gasteiger partial charge in [-0.25, -0.2) is 0 Å². The molecule has 1 aromatic rings. The van der Waals surface area contributed by atoms with Crippen LogP contribution in [0.3, 0.4) is 0 Å². The quantitative estimate of drug-likeness (QED) is 0.585. The number of nitrogens with one attached hydrogen (secondary N) is 1. The molecular formula is C20H28ClNO5. The highest BCUT2D eigenvalue weighted by Crippen LogP contribution is 2.35. The Labute approximate surface area is 165 Å². The third-order valence-corrected chi connectivity index (χ3v) is 4.75. The van der Waals surface area contributed by atoms with Crippen molar-refractivity contribution in [2.45, 2.75) is 63.3 Å². The fourth-order valence-electron chi connectivity index (χ4n) is 3.20. The van der Waals surface area contributed by atoms with Crippen LogP contribution in [-0.2, 0) is 20.9 Å². The van der Waals surface area contributed by atoms with Gasteiger partial charge in [0, 0.05) is 23.9 Å². The fourth-order valence-corrected chi connectivity index (χ4v) is 3.41. The highest BCUT2D eigenvalue weighted by molar-refractivity contribution is 6.30. The number of amides is 1. The molecule has 1 unspecified atom stereocenters. The second kappa shape index (κ2) is 9.66. The van der Waals surface area contributed by atoms with Gasteiger partial charge in [-0.15, -0.1) is 6.58 Å². The van der Waals surface area contributed by atoms with Gasteiger partial charge in [0.05, 0.1) is 25.4 Å². The van der Waals surface area contributed by atoms with Crippen LogP contribution in [-0.4, -0.2) is 52.7 Å². The molecule has 3 N–H and O–H groups in total. The van der Waals surface area contributed by atoms with Crippen LogP contribution in [0.2, 0.25) is 5.02 Å². The number of hydrogen-bond acceptors (Lipinski definition) is 5. The van der Waals surface area contributed by atoms with Crippen molar-refractivity contribution in [3.63, 3.8) is 0 Å². The van der Waals surface area contributed by atoms with Gasteiger partial charge in [0.15, 0.2) is 5.60 Å². The summed E-state index contributed by atoms with van der Waals surface area (Å²) in [6.45, 7) is 7.63. The van der Waals surface area contributed by atoms with Crippen molar-refractivity contribution in [2.75, 3.05) is 6.61 Å². The highest BCUT2D eigenvalue weighted by atomic mass is 35.5. The molecule has 0 saturated heterocycles. The summed E-state index contributed by atoms with van der Waals surface area (Å²) < 4.78 is 11.6. The standard InChI is InChI=1S/C20H28ClNO5/c1-4-8-26-17-11-20(10-16(23)18(17)24,19(25)22-13(2)3)27-12-14-6-5-7-15(21)9-14/h4-7,9,13,16-18,23-24H,1,8,10-12H2,2-3H3,(H,22,25)/t16-,17?,18-,20+/m1/s1. The number of hydrogen-bond donors (Lipinski definition) is 3. The van der Waals surface area contributed by atoms with Crippen LogP contribution in [0.4, 0.5) is 0 Å². The minimum atomic E-state index is -1.32. The van der Waals surface area contributed by atoms with Crippen molar-refractivity contribution in [3.8, 4) is 0 Å². The topological polar surface area (TPSA) is 88.0 Å². The first-order chi connectivity index (χ1) is 12.8. The summed E-state index contributed by atoms with van der Waals surface area (Å²) in [6.07, 6.45) is -1.34. The maximum atomic E-state index is 13.0. The van der Waals surface area contributed by atoms with Crippen molar-refractivity contribution in [1.82, 2.24) is 5.32 Å². The maximum Gasteiger partial charge on any atom is 0.252 e. The molecule has 2 rings (SSSR count). The summed E-state index contributed by atoms with van der Waals surface area (Å²) in [5.74, 6) is -0.335. The summed E-state index contributed by atoms with van der Waals surface area (Å²) in [4.78, 5) is 13.0. The molecule has 4 atom stereocenters. The minimum absolute atomic E-state index is 0.0266. The molecule has 1 aliphatic carbocycles. The molecule has 0 aliphatic heterocycles. The maximum absolute atomic E-state index is 13.0. The van der Waals surface area contributed by atoms with Crippen LogP contribution < -0.4 is 5.32 Å². The van der Waals surface area contributed by atoms with E-state index in [1.807, 2.05) is 19.9 Å². The molecule has 150 valence electrons. The monoisotopic (exact) mass is 397 g/mol. The molecular weight excluding hydrogens is 370 g/mol. The second-order valence-corrected chi connectivity index (χ2v) is 7.60. The zero-order valence-corrected chi connectivity index (χ0v) is 16.5. The highest BCUT2D eigenvalue weighted by Gasteiger charge is 2.51. The molecule has 1 aliphatic rings. The SMILES string of the molecule is C=CCOC1C[C@](OCc2cccc(Cl)c2)(C(=O)NC(C)C)C[C@@H](O)[C@H]1O. The van der Waals surface area contributed by atoms with Gasteiger partial charge < -0.3 is 25.0 Å². The van der Waals surface area contributed by atoms with E-state index in [-0.39, 0.29) is 38.0 Å².